The lowest BCUT2D eigenvalue weighted by atomic mass is 10.2. The maximum atomic E-state index is 13.8. The normalized spacial score (nSPS) is 11.0. The SMILES string of the molecule is O=C(Nc1cccc(Oc2nc3ccccc3n3cnnc23)c1)c1ccccc1F. The highest BCUT2D eigenvalue weighted by Gasteiger charge is 2.14. The molecule has 0 saturated carbocycles. The number of benzene rings is 3. The summed E-state index contributed by atoms with van der Waals surface area (Å²) in [6, 6.07) is 20.1. The molecule has 0 aliphatic carbocycles. The van der Waals surface area contributed by atoms with Crippen LogP contribution in [-0.2, 0) is 0 Å². The number of hydrogen-bond acceptors (Lipinski definition) is 5. The van der Waals surface area contributed by atoms with Gasteiger partial charge in [-0.05, 0) is 36.4 Å². The Hall–Kier alpha value is -4.33. The molecule has 8 heteroatoms. The lowest BCUT2D eigenvalue weighted by Gasteiger charge is -2.10. The molecule has 0 unspecified atom stereocenters. The van der Waals surface area contributed by atoms with E-state index in [0.29, 0.717) is 17.1 Å². The van der Waals surface area contributed by atoms with E-state index in [9.17, 15) is 9.18 Å². The summed E-state index contributed by atoms with van der Waals surface area (Å²) in [7, 11) is 0. The molecular formula is C22H14FN5O2. The molecule has 0 atom stereocenters. The van der Waals surface area contributed by atoms with Gasteiger partial charge in [0.15, 0.2) is 0 Å². The van der Waals surface area contributed by atoms with E-state index in [0.717, 1.165) is 11.0 Å². The first-order valence-corrected chi connectivity index (χ1v) is 9.11. The predicted octanol–water partition coefficient (Wildman–Crippen LogP) is 4.46. The molecule has 2 aromatic heterocycles. The third kappa shape index (κ3) is 3.20. The third-order valence-corrected chi connectivity index (χ3v) is 4.53. The third-order valence-electron chi connectivity index (χ3n) is 4.53. The minimum Gasteiger partial charge on any atom is -0.436 e. The minimum absolute atomic E-state index is 0.0369. The molecule has 0 bridgehead atoms. The number of carbonyl (C=O) groups is 1. The summed E-state index contributed by atoms with van der Waals surface area (Å²) in [6.07, 6.45) is 1.59. The Morgan fingerprint density at radius 2 is 1.83 bits per heavy atom. The summed E-state index contributed by atoms with van der Waals surface area (Å²) in [5.41, 5.74) is 2.47. The smallest absolute Gasteiger partial charge is 0.266 e. The molecule has 0 aliphatic heterocycles. The molecule has 2 heterocycles. The fourth-order valence-corrected chi connectivity index (χ4v) is 3.14. The number of nitrogens with one attached hydrogen (secondary N) is 1. The second-order valence-electron chi connectivity index (χ2n) is 6.49. The number of fused-ring (bicyclic) bond motifs is 3. The molecule has 0 saturated heterocycles. The van der Waals surface area contributed by atoms with Crippen molar-refractivity contribution >= 4 is 28.3 Å². The van der Waals surface area contributed by atoms with Crippen molar-refractivity contribution in [1.82, 2.24) is 19.6 Å². The van der Waals surface area contributed by atoms with Gasteiger partial charge >= 0.3 is 0 Å². The first-order chi connectivity index (χ1) is 14.7. The van der Waals surface area contributed by atoms with Gasteiger partial charge in [-0.15, -0.1) is 10.2 Å². The maximum absolute atomic E-state index is 13.8. The van der Waals surface area contributed by atoms with Crippen LogP contribution in [0.25, 0.3) is 16.7 Å². The highest BCUT2D eigenvalue weighted by atomic mass is 19.1. The van der Waals surface area contributed by atoms with Gasteiger partial charge in [0.05, 0.1) is 16.6 Å². The number of carbonyl (C=O) groups excluding carboxylic acids is 1. The van der Waals surface area contributed by atoms with E-state index in [-0.39, 0.29) is 11.4 Å². The van der Waals surface area contributed by atoms with Crippen LogP contribution >= 0.6 is 0 Å². The Balaban J connectivity index is 1.46. The Bertz CT molecular complexity index is 1400. The van der Waals surface area contributed by atoms with Gasteiger partial charge < -0.3 is 10.1 Å². The number of nitrogens with zero attached hydrogens (tertiary/aromatic N) is 4. The summed E-state index contributed by atoms with van der Waals surface area (Å²) in [5.74, 6) is -0.413. The van der Waals surface area contributed by atoms with E-state index >= 15 is 0 Å². The maximum Gasteiger partial charge on any atom is 0.266 e. The summed E-state index contributed by atoms with van der Waals surface area (Å²) in [4.78, 5) is 16.9. The Labute approximate surface area is 169 Å². The number of halogens is 1. The fraction of sp³-hybridized carbons (Fsp3) is 0. The van der Waals surface area contributed by atoms with Crippen LogP contribution in [0.2, 0.25) is 0 Å². The first-order valence-electron chi connectivity index (χ1n) is 9.11. The number of ether oxygens (including phenoxy) is 1. The van der Waals surface area contributed by atoms with Gasteiger partial charge in [-0.25, -0.2) is 9.37 Å². The number of para-hydroxylation sites is 2. The van der Waals surface area contributed by atoms with Gasteiger partial charge in [-0.2, -0.15) is 0 Å². The molecule has 3 aromatic carbocycles. The summed E-state index contributed by atoms with van der Waals surface area (Å²) in [6.45, 7) is 0. The molecule has 146 valence electrons. The molecule has 5 rings (SSSR count). The van der Waals surface area contributed by atoms with Crippen molar-refractivity contribution in [2.24, 2.45) is 0 Å². The van der Waals surface area contributed by atoms with Crippen LogP contribution in [0.4, 0.5) is 10.1 Å². The minimum atomic E-state index is -0.586. The first kappa shape index (κ1) is 17.7. The van der Waals surface area contributed by atoms with E-state index in [1.165, 1.54) is 18.2 Å². The van der Waals surface area contributed by atoms with E-state index in [1.807, 2.05) is 24.3 Å². The molecule has 1 N–H and O–H groups in total. The van der Waals surface area contributed by atoms with Gasteiger partial charge in [0, 0.05) is 11.8 Å². The highest BCUT2D eigenvalue weighted by Crippen LogP contribution is 2.28. The quantitative estimate of drug-likeness (QED) is 0.483. The number of amides is 1. The Morgan fingerprint density at radius 1 is 1.00 bits per heavy atom. The molecule has 1 amide bonds. The zero-order valence-electron chi connectivity index (χ0n) is 15.5. The van der Waals surface area contributed by atoms with Gasteiger partial charge in [0.25, 0.3) is 11.8 Å². The number of rotatable bonds is 4. The molecule has 0 radical (unpaired) electrons. The zero-order valence-corrected chi connectivity index (χ0v) is 15.5. The Morgan fingerprint density at radius 3 is 2.73 bits per heavy atom. The highest BCUT2D eigenvalue weighted by molar-refractivity contribution is 6.04. The molecule has 7 nitrogen and oxygen atoms in total. The van der Waals surface area contributed by atoms with E-state index in [2.05, 4.69) is 20.5 Å². The van der Waals surface area contributed by atoms with Crippen molar-refractivity contribution in [3.05, 3.63) is 90.5 Å². The van der Waals surface area contributed by atoms with E-state index < -0.39 is 11.7 Å². The number of hydrogen-bond donors (Lipinski definition) is 1. The summed E-state index contributed by atoms with van der Waals surface area (Å²) in [5, 5.41) is 10.7. The number of aromatic nitrogens is 4. The fourth-order valence-electron chi connectivity index (χ4n) is 3.14. The van der Waals surface area contributed by atoms with Gasteiger partial charge in [-0.3, -0.25) is 9.20 Å². The van der Waals surface area contributed by atoms with Crippen LogP contribution in [0.1, 0.15) is 10.4 Å². The monoisotopic (exact) mass is 399 g/mol. The average Bonchev–Trinajstić information content (AvgIpc) is 3.25. The Kier molecular flexibility index (Phi) is 4.29. The van der Waals surface area contributed by atoms with Crippen molar-refractivity contribution in [2.45, 2.75) is 0 Å². The second-order valence-corrected chi connectivity index (χ2v) is 6.49. The van der Waals surface area contributed by atoms with Gasteiger partial charge in [-0.1, -0.05) is 30.3 Å². The van der Waals surface area contributed by atoms with Crippen LogP contribution in [0.15, 0.2) is 79.1 Å². The standard InChI is InChI=1S/C22H14FN5O2/c23-17-9-2-1-8-16(17)21(29)25-14-6-5-7-15(12-14)30-22-20-27-24-13-28(20)19-11-4-3-10-18(19)26-22/h1-13H,(H,25,29). The molecule has 0 spiro atoms. The van der Waals surface area contributed by atoms with Crippen LogP contribution in [-0.4, -0.2) is 25.5 Å². The molecule has 30 heavy (non-hydrogen) atoms. The van der Waals surface area contributed by atoms with Crippen LogP contribution < -0.4 is 10.1 Å². The van der Waals surface area contributed by atoms with Crippen molar-refractivity contribution in [3.8, 4) is 11.6 Å². The lowest BCUT2D eigenvalue weighted by molar-refractivity contribution is 0.102. The number of anilines is 1. The van der Waals surface area contributed by atoms with E-state index in [1.54, 1.807) is 41.1 Å². The summed E-state index contributed by atoms with van der Waals surface area (Å²) < 4.78 is 21.6. The molecular weight excluding hydrogens is 385 g/mol. The molecule has 0 aliphatic rings. The van der Waals surface area contributed by atoms with Crippen molar-refractivity contribution in [2.75, 3.05) is 5.32 Å². The predicted molar refractivity (Wildman–Crippen MR) is 109 cm³/mol. The van der Waals surface area contributed by atoms with Gasteiger partial charge in [0.2, 0.25) is 5.65 Å². The topological polar surface area (TPSA) is 81.4 Å². The van der Waals surface area contributed by atoms with E-state index in [4.69, 9.17) is 4.74 Å². The largest absolute Gasteiger partial charge is 0.436 e. The summed E-state index contributed by atoms with van der Waals surface area (Å²) >= 11 is 0. The van der Waals surface area contributed by atoms with Crippen molar-refractivity contribution in [3.63, 3.8) is 0 Å². The lowest BCUT2D eigenvalue weighted by Crippen LogP contribution is -2.13. The average molecular weight is 399 g/mol. The van der Waals surface area contributed by atoms with Gasteiger partial charge in [0.1, 0.15) is 17.9 Å². The zero-order chi connectivity index (χ0) is 20.5. The van der Waals surface area contributed by atoms with Crippen molar-refractivity contribution < 1.29 is 13.9 Å². The van der Waals surface area contributed by atoms with Crippen LogP contribution in [0.5, 0.6) is 11.6 Å². The molecule has 0 fully saturated rings. The molecule has 5 aromatic rings. The second kappa shape index (κ2) is 7.25. The van der Waals surface area contributed by atoms with Crippen LogP contribution in [0, 0.1) is 5.82 Å². The van der Waals surface area contributed by atoms with Crippen molar-refractivity contribution in [1.29, 1.82) is 0 Å². The van der Waals surface area contributed by atoms with Crippen LogP contribution in [0.3, 0.4) is 0 Å².